The first-order valence-corrected chi connectivity index (χ1v) is 7.98. The highest BCUT2D eigenvalue weighted by molar-refractivity contribution is 7.81. The predicted molar refractivity (Wildman–Crippen MR) is 94.6 cm³/mol. The fourth-order valence-corrected chi connectivity index (χ4v) is 1.87. The Bertz CT molecular complexity index is 594. The Labute approximate surface area is 146 Å². The van der Waals surface area contributed by atoms with Crippen molar-refractivity contribution in [2.75, 3.05) is 6.61 Å². The average molecular weight is 353 g/mol. The topological polar surface area (TPSA) is 101 Å². The van der Waals surface area contributed by atoms with Crippen LogP contribution in [-0.4, -0.2) is 39.0 Å². The van der Waals surface area contributed by atoms with E-state index in [0.29, 0.717) is 30.2 Å². The molecule has 1 aromatic heterocycles. The van der Waals surface area contributed by atoms with Gasteiger partial charge in [0.1, 0.15) is 5.75 Å². The molecule has 0 spiro atoms. The van der Waals surface area contributed by atoms with Crippen molar-refractivity contribution in [3.05, 3.63) is 24.0 Å². The molecule has 0 bridgehead atoms. The van der Waals surface area contributed by atoms with E-state index in [1.165, 1.54) is 6.20 Å². The summed E-state index contributed by atoms with van der Waals surface area (Å²) in [7, 11) is 0. The summed E-state index contributed by atoms with van der Waals surface area (Å²) in [5.41, 5.74) is 3.65. The van der Waals surface area contributed by atoms with E-state index in [0.717, 1.165) is 0 Å². The number of pyridine rings is 1. The molecule has 2 N–H and O–H groups in total. The number of carbonyl (C=O) groups is 2. The van der Waals surface area contributed by atoms with E-state index in [1.807, 2.05) is 13.8 Å². The fraction of sp³-hybridized carbons (Fsp3) is 0.500. The van der Waals surface area contributed by atoms with Gasteiger partial charge in [-0.2, -0.15) is 17.7 Å². The van der Waals surface area contributed by atoms with Gasteiger partial charge in [0, 0.05) is 17.6 Å². The minimum Gasteiger partial charge on any atom is -0.492 e. The third-order valence-electron chi connectivity index (χ3n) is 2.85. The Morgan fingerprint density at radius 3 is 2.67 bits per heavy atom. The second-order valence-corrected chi connectivity index (χ2v) is 7.16. The summed E-state index contributed by atoms with van der Waals surface area (Å²) >= 11 is 4.30. The van der Waals surface area contributed by atoms with Gasteiger partial charge in [-0.05, 0) is 25.5 Å². The lowest BCUT2D eigenvalue weighted by Gasteiger charge is -2.15. The molecular weight excluding hydrogens is 330 g/mol. The number of carboxylic acid groups (broad SMARTS) is 1. The van der Waals surface area contributed by atoms with Gasteiger partial charge in [-0.15, -0.1) is 0 Å². The standard InChI is InChI=1S/C16H23N3O4S/c1-11(18-19-14(20)9-16(2,3)24)13-7-6-12(10-17-13)23-8-4-5-15(21)22/h6-7,10,24H,4-5,8-9H2,1-3H3,(H,19,20)(H,21,22). The molecule has 0 atom stereocenters. The first-order chi connectivity index (χ1) is 11.2. The Morgan fingerprint density at radius 1 is 1.42 bits per heavy atom. The van der Waals surface area contributed by atoms with Crippen LogP contribution in [0.2, 0.25) is 0 Å². The lowest BCUT2D eigenvalue weighted by molar-refractivity contribution is -0.137. The molecule has 1 amide bonds. The smallest absolute Gasteiger partial charge is 0.303 e. The quantitative estimate of drug-likeness (QED) is 0.274. The summed E-state index contributed by atoms with van der Waals surface area (Å²) in [6.45, 7) is 5.75. The zero-order chi connectivity index (χ0) is 18.2. The molecule has 1 aromatic rings. The molecule has 7 nitrogen and oxygen atoms in total. The third-order valence-corrected chi connectivity index (χ3v) is 3.01. The van der Waals surface area contributed by atoms with E-state index in [1.54, 1.807) is 19.1 Å². The van der Waals surface area contributed by atoms with E-state index in [2.05, 4.69) is 28.1 Å². The van der Waals surface area contributed by atoms with Gasteiger partial charge >= 0.3 is 5.97 Å². The molecule has 24 heavy (non-hydrogen) atoms. The number of carbonyl (C=O) groups excluding carboxylic acids is 1. The largest absolute Gasteiger partial charge is 0.492 e. The number of amides is 1. The van der Waals surface area contributed by atoms with Gasteiger partial charge in [0.05, 0.1) is 24.2 Å². The highest BCUT2D eigenvalue weighted by atomic mass is 32.1. The van der Waals surface area contributed by atoms with Crippen molar-refractivity contribution >= 4 is 30.2 Å². The summed E-state index contributed by atoms with van der Waals surface area (Å²) in [6.07, 6.45) is 2.29. The SMILES string of the molecule is CC(=NNC(=O)CC(C)(C)S)c1ccc(OCCCC(=O)O)cn1. The Morgan fingerprint density at radius 2 is 2.12 bits per heavy atom. The predicted octanol–water partition coefficient (Wildman–Crippen LogP) is 2.26. The second kappa shape index (κ2) is 9.27. The van der Waals surface area contributed by atoms with Gasteiger partial charge in [0.25, 0.3) is 0 Å². The first-order valence-electron chi connectivity index (χ1n) is 7.54. The van der Waals surface area contributed by atoms with Crippen LogP contribution in [0.5, 0.6) is 5.75 Å². The maximum absolute atomic E-state index is 11.7. The highest BCUT2D eigenvalue weighted by Crippen LogP contribution is 2.16. The van der Waals surface area contributed by atoms with Gasteiger partial charge < -0.3 is 9.84 Å². The van der Waals surface area contributed by atoms with Crippen LogP contribution in [0.1, 0.15) is 45.7 Å². The lowest BCUT2D eigenvalue weighted by atomic mass is 10.1. The number of nitrogens with zero attached hydrogens (tertiary/aromatic N) is 2. The molecule has 0 saturated carbocycles. The number of thiol groups is 1. The number of aromatic nitrogens is 1. The molecule has 0 unspecified atom stereocenters. The minimum atomic E-state index is -0.845. The van der Waals surface area contributed by atoms with Gasteiger partial charge in [-0.25, -0.2) is 5.43 Å². The monoisotopic (exact) mass is 353 g/mol. The van der Waals surface area contributed by atoms with Crippen molar-refractivity contribution in [3.63, 3.8) is 0 Å². The number of aliphatic carboxylic acids is 1. The Hall–Kier alpha value is -2.09. The van der Waals surface area contributed by atoms with E-state index < -0.39 is 10.7 Å². The van der Waals surface area contributed by atoms with Gasteiger partial charge in [-0.1, -0.05) is 13.8 Å². The van der Waals surface area contributed by atoms with Gasteiger partial charge in [-0.3, -0.25) is 14.6 Å². The summed E-state index contributed by atoms with van der Waals surface area (Å²) < 4.78 is 5.00. The third kappa shape index (κ3) is 8.52. The molecule has 0 aliphatic carbocycles. The summed E-state index contributed by atoms with van der Waals surface area (Å²) in [6, 6.07) is 3.45. The fourth-order valence-electron chi connectivity index (χ4n) is 1.73. The van der Waals surface area contributed by atoms with E-state index in [-0.39, 0.29) is 18.7 Å². The van der Waals surface area contributed by atoms with E-state index >= 15 is 0 Å². The van der Waals surface area contributed by atoms with Crippen LogP contribution in [0, 0.1) is 0 Å². The molecule has 132 valence electrons. The van der Waals surface area contributed by atoms with Crippen molar-refractivity contribution in [1.82, 2.24) is 10.4 Å². The zero-order valence-corrected chi connectivity index (χ0v) is 15.0. The van der Waals surface area contributed by atoms with Crippen molar-refractivity contribution in [3.8, 4) is 5.75 Å². The maximum Gasteiger partial charge on any atom is 0.303 e. The van der Waals surface area contributed by atoms with Crippen LogP contribution in [0.15, 0.2) is 23.4 Å². The van der Waals surface area contributed by atoms with Crippen LogP contribution >= 0.6 is 12.6 Å². The zero-order valence-electron chi connectivity index (χ0n) is 14.1. The van der Waals surface area contributed by atoms with Crippen molar-refractivity contribution in [1.29, 1.82) is 0 Å². The van der Waals surface area contributed by atoms with Crippen LogP contribution < -0.4 is 10.2 Å². The number of hydrogen-bond acceptors (Lipinski definition) is 6. The van der Waals surface area contributed by atoms with Crippen LogP contribution in [0.25, 0.3) is 0 Å². The Balaban J connectivity index is 2.50. The van der Waals surface area contributed by atoms with E-state index in [9.17, 15) is 9.59 Å². The van der Waals surface area contributed by atoms with Crippen molar-refractivity contribution in [2.45, 2.75) is 44.8 Å². The highest BCUT2D eigenvalue weighted by Gasteiger charge is 2.16. The number of nitrogens with one attached hydrogen (secondary N) is 1. The van der Waals surface area contributed by atoms with Crippen molar-refractivity contribution < 1.29 is 19.4 Å². The Kier molecular flexibility index (Phi) is 7.70. The molecule has 0 aliphatic heterocycles. The first kappa shape index (κ1) is 20.0. The maximum atomic E-state index is 11.7. The van der Waals surface area contributed by atoms with Crippen LogP contribution in [-0.2, 0) is 9.59 Å². The number of ether oxygens (including phenoxy) is 1. The number of rotatable bonds is 9. The molecule has 0 radical (unpaired) electrons. The lowest BCUT2D eigenvalue weighted by Crippen LogP contribution is -2.26. The molecule has 8 heteroatoms. The number of hydrazone groups is 1. The average Bonchev–Trinajstić information content (AvgIpc) is 2.48. The number of carboxylic acids is 1. The second-order valence-electron chi connectivity index (χ2n) is 5.95. The normalized spacial score (nSPS) is 11.9. The summed E-state index contributed by atoms with van der Waals surface area (Å²) in [5.74, 6) is -0.507. The summed E-state index contributed by atoms with van der Waals surface area (Å²) in [5, 5.41) is 12.6. The molecule has 1 rings (SSSR count). The minimum absolute atomic E-state index is 0.0695. The molecule has 1 heterocycles. The molecular formula is C16H23N3O4S. The molecule has 0 aliphatic rings. The molecule has 0 aromatic carbocycles. The van der Waals surface area contributed by atoms with E-state index in [4.69, 9.17) is 9.84 Å². The van der Waals surface area contributed by atoms with Gasteiger partial charge in [0.15, 0.2) is 0 Å². The van der Waals surface area contributed by atoms with Crippen molar-refractivity contribution in [2.24, 2.45) is 5.10 Å². The van der Waals surface area contributed by atoms with Crippen LogP contribution in [0.4, 0.5) is 0 Å². The van der Waals surface area contributed by atoms with Crippen LogP contribution in [0.3, 0.4) is 0 Å². The van der Waals surface area contributed by atoms with Gasteiger partial charge in [0.2, 0.25) is 5.91 Å². The molecule has 0 saturated heterocycles. The number of hydrogen-bond donors (Lipinski definition) is 3. The molecule has 0 fully saturated rings. The summed E-state index contributed by atoms with van der Waals surface area (Å²) in [4.78, 5) is 26.3.